The maximum Gasteiger partial charge on any atom is 0.306 e. The number of β-amino-alcohol motifs (C(OH)–C–C–N with tert-alkyl or cyclic N) is 1. The lowest BCUT2D eigenvalue weighted by Crippen LogP contribution is -2.37. The van der Waals surface area contributed by atoms with Crippen molar-refractivity contribution in [2.45, 2.75) is 38.0 Å². The minimum absolute atomic E-state index is 0.0851. The summed E-state index contributed by atoms with van der Waals surface area (Å²) in [5.74, 6) is 0.0731. The van der Waals surface area contributed by atoms with Gasteiger partial charge in [0.15, 0.2) is 0 Å². The molecule has 0 amide bonds. The van der Waals surface area contributed by atoms with Crippen molar-refractivity contribution in [3.8, 4) is 0 Å². The average molecular weight is 348 g/mol. The van der Waals surface area contributed by atoms with Crippen molar-refractivity contribution >= 4 is 5.69 Å². The molecular formula is C17H21FN4O3. The number of rotatable bonds is 6. The first-order valence-electron chi connectivity index (χ1n) is 8.27. The van der Waals surface area contributed by atoms with E-state index in [1.807, 2.05) is 12.1 Å². The highest BCUT2D eigenvalue weighted by Gasteiger charge is 2.31. The van der Waals surface area contributed by atoms with Gasteiger partial charge >= 0.3 is 5.69 Å². The molecule has 1 N–H and O–H groups in total. The number of likely N-dealkylation sites (tertiary alicyclic amines) is 1. The Morgan fingerprint density at radius 2 is 2.12 bits per heavy atom. The van der Waals surface area contributed by atoms with Gasteiger partial charge in [0, 0.05) is 19.1 Å². The summed E-state index contributed by atoms with van der Waals surface area (Å²) in [5, 5.41) is 24.9. The quantitative estimate of drug-likeness (QED) is 0.639. The predicted molar refractivity (Wildman–Crippen MR) is 89.7 cm³/mol. The monoisotopic (exact) mass is 348 g/mol. The highest BCUT2D eigenvalue weighted by molar-refractivity contribution is 5.22. The molecule has 0 aliphatic carbocycles. The molecule has 1 aliphatic rings. The third-order valence-electron chi connectivity index (χ3n) is 4.72. The van der Waals surface area contributed by atoms with Gasteiger partial charge in [-0.05, 0) is 37.0 Å². The largest absolute Gasteiger partial charge is 0.390 e. The fourth-order valence-corrected chi connectivity index (χ4v) is 3.42. The first kappa shape index (κ1) is 17.5. The second kappa shape index (κ2) is 7.28. The van der Waals surface area contributed by atoms with E-state index in [-0.39, 0.29) is 18.0 Å². The number of halogens is 1. The van der Waals surface area contributed by atoms with Crippen LogP contribution in [-0.2, 0) is 6.54 Å². The van der Waals surface area contributed by atoms with E-state index in [9.17, 15) is 19.6 Å². The van der Waals surface area contributed by atoms with Crippen LogP contribution in [0.5, 0.6) is 0 Å². The van der Waals surface area contributed by atoms with Gasteiger partial charge in [-0.1, -0.05) is 12.1 Å². The molecule has 0 saturated carbocycles. The molecular weight excluding hydrogens is 327 g/mol. The lowest BCUT2D eigenvalue weighted by molar-refractivity contribution is -0.385. The van der Waals surface area contributed by atoms with E-state index in [0.29, 0.717) is 18.5 Å². The minimum Gasteiger partial charge on any atom is -0.390 e. The smallest absolute Gasteiger partial charge is 0.306 e. The highest BCUT2D eigenvalue weighted by Crippen LogP contribution is 2.31. The van der Waals surface area contributed by atoms with Gasteiger partial charge < -0.3 is 5.11 Å². The molecule has 2 aromatic rings. The van der Waals surface area contributed by atoms with Gasteiger partial charge in [-0.2, -0.15) is 5.10 Å². The third kappa shape index (κ3) is 4.21. The summed E-state index contributed by atoms with van der Waals surface area (Å²) in [5.41, 5.74) is 1.02. The van der Waals surface area contributed by atoms with E-state index >= 15 is 0 Å². The second-order valence-electron chi connectivity index (χ2n) is 6.62. The third-order valence-corrected chi connectivity index (χ3v) is 4.72. The summed E-state index contributed by atoms with van der Waals surface area (Å²) in [6.07, 6.45) is 2.77. The summed E-state index contributed by atoms with van der Waals surface area (Å²) in [4.78, 5) is 12.4. The second-order valence-corrected chi connectivity index (χ2v) is 6.62. The Bertz CT molecular complexity index is 734. The van der Waals surface area contributed by atoms with E-state index in [1.54, 1.807) is 0 Å². The Hall–Kier alpha value is -2.32. The molecule has 2 heterocycles. The van der Waals surface area contributed by atoms with Crippen LogP contribution >= 0.6 is 0 Å². The molecule has 1 aromatic carbocycles. The van der Waals surface area contributed by atoms with Crippen molar-refractivity contribution in [3.63, 3.8) is 0 Å². The number of aliphatic hydroxyl groups excluding tert-OH is 1. The first-order chi connectivity index (χ1) is 11.9. The number of nitrogens with zero attached hydrogens (tertiary/aromatic N) is 4. The summed E-state index contributed by atoms with van der Waals surface area (Å²) in [7, 11) is 0. The van der Waals surface area contributed by atoms with E-state index in [1.165, 1.54) is 29.2 Å². The van der Waals surface area contributed by atoms with E-state index in [2.05, 4.69) is 16.9 Å². The summed E-state index contributed by atoms with van der Waals surface area (Å²) in [6.45, 7) is 3.57. The van der Waals surface area contributed by atoms with Gasteiger partial charge in [-0.25, -0.2) is 4.39 Å². The molecule has 7 nitrogen and oxygen atoms in total. The van der Waals surface area contributed by atoms with Crippen LogP contribution in [0.2, 0.25) is 0 Å². The molecule has 0 spiro atoms. The van der Waals surface area contributed by atoms with Crippen molar-refractivity contribution in [2.24, 2.45) is 0 Å². The molecule has 0 radical (unpaired) electrons. The van der Waals surface area contributed by atoms with Crippen LogP contribution in [0.4, 0.5) is 10.1 Å². The highest BCUT2D eigenvalue weighted by atomic mass is 19.1. The molecule has 0 bridgehead atoms. The van der Waals surface area contributed by atoms with Crippen LogP contribution in [-0.4, -0.2) is 49.9 Å². The van der Waals surface area contributed by atoms with Crippen molar-refractivity contribution in [2.75, 3.05) is 13.1 Å². The standard InChI is InChI=1S/C17H21FN4O3/c1-12-6-14(13-2-4-15(18)5-3-13)8-20(12)10-17(23)11-21-9-16(7-19-21)22(24)25/h2-5,7,9,12,14,17,23H,6,8,10-11H2,1H3/t12-,14+,17+/m1/s1. The maximum absolute atomic E-state index is 13.1. The zero-order valence-corrected chi connectivity index (χ0v) is 14.0. The molecule has 0 unspecified atom stereocenters. The number of hydrogen-bond acceptors (Lipinski definition) is 5. The predicted octanol–water partition coefficient (Wildman–Crippen LogP) is 2.17. The van der Waals surface area contributed by atoms with Gasteiger partial charge in [-0.3, -0.25) is 19.7 Å². The number of aromatic nitrogens is 2. The summed E-state index contributed by atoms with van der Waals surface area (Å²) in [6, 6.07) is 6.88. The van der Waals surface area contributed by atoms with Crippen LogP contribution in [0.15, 0.2) is 36.7 Å². The lowest BCUT2D eigenvalue weighted by Gasteiger charge is -2.24. The van der Waals surface area contributed by atoms with Crippen LogP contribution in [0, 0.1) is 15.9 Å². The normalized spacial score (nSPS) is 22.2. The van der Waals surface area contributed by atoms with E-state index < -0.39 is 11.0 Å². The Balaban J connectivity index is 1.56. The Morgan fingerprint density at radius 3 is 2.76 bits per heavy atom. The molecule has 134 valence electrons. The molecule has 1 aliphatic heterocycles. The average Bonchev–Trinajstić information content (AvgIpc) is 3.16. The topological polar surface area (TPSA) is 84.4 Å². The SMILES string of the molecule is C[C@@H]1C[C@H](c2ccc(F)cc2)CN1C[C@H](O)Cn1cc([N+](=O)[O-])cn1. The molecule has 1 saturated heterocycles. The minimum atomic E-state index is -0.672. The molecule has 3 rings (SSSR count). The zero-order valence-electron chi connectivity index (χ0n) is 14.0. The lowest BCUT2D eigenvalue weighted by atomic mass is 9.97. The van der Waals surface area contributed by atoms with Gasteiger partial charge in [-0.15, -0.1) is 0 Å². The summed E-state index contributed by atoms with van der Waals surface area (Å²) >= 11 is 0. The van der Waals surface area contributed by atoms with Crippen molar-refractivity contribution < 1.29 is 14.4 Å². The van der Waals surface area contributed by atoms with Gasteiger partial charge in [0.25, 0.3) is 0 Å². The maximum atomic E-state index is 13.1. The van der Waals surface area contributed by atoms with Crippen molar-refractivity contribution in [3.05, 3.63) is 58.2 Å². The van der Waals surface area contributed by atoms with Crippen LogP contribution in [0.3, 0.4) is 0 Å². The fourth-order valence-electron chi connectivity index (χ4n) is 3.42. The van der Waals surface area contributed by atoms with Crippen LogP contribution in [0.1, 0.15) is 24.8 Å². The molecule has 1 fully saturated rings. The molecule has 1 aromatic heterocycles. The number of benzene rings is 1. The van der Waals surface area contributed by atoms with Gasteiger partial charge in [0.2, 0.25) is 0 Å². The summed E-state index contributed by atoms with van der Waals surface area (Å²) < 4.78 is 14.5. The molecule has 25 heavy (non-hydrogen) atoms. The molecule has 3 atom stereocenters. The van der Waals surface area contributed by atoms with Crippen LogP contribution < -0.4 is 0 Å². The van der Waals surface area contributed by atoms with Crippen molar-refractivity contribution in [1.82, 2.24) is 14.7 Å². The van der Waals surface area contributed by atoms with Gasteiger partial charge in [0.1, 0.15) is 18.2 Å². The van der Waals surface area contributed by atoms with Gasteiger partial charge in [0.05, 0.1) is 17.6 Å². The number of hydrogen-bond donors (Lipinski definition) is 1. The first-order valence-corrected chi connectivity index (χ1v) is 8.27. The van der Waals surface area contributed by atoms with E-state index in [4.69, 9.17) is 0 Å². The number of nitro groups is 1. The Morgan fingerprint density at radius 1 is 1.40 bits per heavy atom. The zero-order chi connectivity index (χ0) is 18.0. The van der Waals surface area contributed by atoms with Crippen molar-refractivity contribution in [1.29, 1.82) is 0 Å². The van der Waals surface area contributed by atoms with E-state index in [0.717, 1.165) is 18.5 Å². The van der Waals surface area contributed by atoms with Crippen LogP contribution in [0.25, 0.3) is 0 Å². The Kier molecular flexibility index (Phi) is 5.10. The Labute approximate surface area is 144 Å². The number of aliphatic hydroxyl groups is 1. The molecule has 8 heteroatoms. The fraction of sp³-hybridized carbons (Fsp3) is 0.471.